The van der Waals surface area contributed by atoms with Crippen molar-refractivity contribution in [2.45, 2.75) is 97.1 Å². The van der Waals surface area contributed by atoms with Crippen LogP contribution < -0.4 is 15.5 Å². The van der Waals surface area contributed by atoms with Gasteiger partial charge in [0.15, 0.2) is 0 Å². The molecule has 0 bridgehead atoms. The van der Waals surface area contributed by atoms with Crippen molar-refractivity contribution in [3.63, 3.8) is 0 Å². The van der Waals surface area contributed by atoms with E-state index in [0.717, 1.165) is 39.0 Å². The maximum absolute atomic E-state index is 3.91. The molecule has 3 nitrogen and oxygen atoms in total. The second-order valence-corrected chi connectivity index (χ2v) is 11.7. The fourth-order valence-corrected chi connectivity index (χ4v) is 6.34. The molecule has 1 aliphatic heterocycles. The minimum absolute atomic E-state index is 0.454. The van der Waals surface area contributed by atoms with Crippen molar-refractivity contribution in [2.24, 2.45) is 0 Å². The van der Waals surface area contributed by atoms with Gasteiger partial charge in [0.25, 0.3) is 0 Å². The summed E-state index contributed by atoms with van der Waals surface area (Å²) in [6, 6.07) is 26.0. The molecule has 1 saturated heterocycles. The van der Waals surface area contributed by atoms with E-state index < -0.39 is 0 Å². The summed E-state index contributed by atoms with van der Waals surface area (Å²) >= 11 is 0. The monoisotopic (exact) mass is 539 g/mol. The Labute approximate surface area is 244 Å². The van der Waals surface area contributed by atoms with Crippen LogP contribution in [0.25, 0.3) is 0 Å². The third-order valence-electron chi connectivity index (χ3n) is 9.04. The summed E-state index contributed by atoms with van der Waals surface area (Å²) in [5, 5.41) is 7.54. The Balaban J connectivity index is 1.24. The molecule has 4 rings (SSSR count). The number of nitrogens with one attached hydrogen (secondary N) is 2. The Morgan fingerprint density at radius 2 is 1.48 bits per heavy atom. The molecule has 1 heterocycles. The van der Waals surface area contributed by atoms with E-state index in [4.69, 9.17) is 0 Å². The third-order valence-corrected chi connectivity index (χ3v) is 9.04. The number of aryl methyl sites for hydroxylation is 4. The van der Waals surface area contributed by atoms with Gasteiger partial charge in [0.05, 0.1) is 0 Å². The number of rotatable bonds is 15. The summed E-state index contributed by atoms with van der Waals surface area (Å²) in [5.74, 6) is 0.564. The molecule has 3 heteroatoms. The number of hydrogen-bond acceptors (Lipinski definition) is 3. The third kappa shape index (κ3) is 8.44. The van der Waals surface area contributed by atoms with Crippen molar-refractivity contribution in [3.8, 4) is 0 Å². The largest absolute Gasteiger partial charge is 0.375 e. The van der Waals surface area contributed by atoms with Gasteiger partial charge in [-0.1, -0.05) is 87.4 Å². The van der Waals surface area contributed by atoms with E-state index in [2.05, 4.69) is 110 Å². The summed E-state index contributed by atoms with van der Waals surface area (Å²) in [6.45, 7) is 10.8. The predicted molar refractivity (Wildman–Crippen MR) is 174 cm³/mol. The van der Waals surface area contributed by atoms with E-state index in [1.165, 1.54) is 78.5 Å². The highest BCUT2D eigenvalue weighted by Crippen LogP contribution is 2.28. The number of benzene rings is 3. The lowest BCUT2D eigenvalue weighted by Crippen LogP contribution is -2.47. The van der Waals surface area contributed by atoms with Crippen molar-refractivity contribution in [1.29, 1.82) is 0 Å². The minimum Gasteiger partial charge on any atom is -0.375 e. The predicted octanol–water partition coefficient (Wildman–Crippen LogP) is 7.85. The van der Waals surface area contributed by atoms with Gasteiger partial charge in [0.2, 0.25) is 0 Å². The Morgan fingerprint density at radius 3 is 2.20 bits per heavy atom. The molecule has 0 aromatic heterocycles. The standard InChI is InChI=1S/C37H53N3/c1-5-31-15-12-13-17-33(31)16-11-9-8-10-14-29-18-22-34(23-19-29)35-24-25-38-28-36(35)39-27-30-20-21-32(6-2)37(26-30)40(4)7-3/h12-13,15,17-23,26,35-36,38-39H,5-11,14,16,24-25,27-28H2,1-4H3. The zero-order valence-electron chi connectivity index (χ0n) is 25.6. The van der Waals surface area contributed by atoms with E-state index in [1.54, 1.807) is 5.56 Å². The summed E-state index contributed by atoms with van der Waals surface area (Å²) in [7, 11) is 2.20. The van der Waals surface area contributed by atoms with Crippen LogP contribution in [0.1, 0.15) is 92.2 Å². The summed E-state index contributed by atoms with van der Waals surface area (Å²) in [5.41, 5.74) is 10.2. The average Bonchev–Trinajstić information content (AvgIpc) is 3.01. The van der Waals surface area contributed by atoms with Gasteiger partial charge in [0.1, 0.15) is 0 Å². The van der Waals surface area contributed by atoms with E-state index in [9.17, 15) is 0 Å². The van der Waals surface area contributed by atoms with Crippen molar-refractivity contribution >= 4 is 5.69 Å². The summed E-state index contributed by atoms with van der Waals surface area (Å²) in [6.07, 6.45) is 11.1. The molecular formula is C37H53N3. The van der Waals surface area contributed by atoms with Crippen LogP contribution in [0.3, 0.4) is 0 Å². The maximum atomic E-state index is 3.91. The van der Waals surface area contributed by atoms with E-state index >= 15 is 0 Å². The smallest absolute Gasteiger partial charge is 0.0399 e. The Morgan fingerprint density at radius 1 is 0.775 bits per heavy atom. The number of unbranched alkanes of at least 4 members (excludes halogenated alkanes) is 3. The highest BCUT2D eigenvalue weighted by atomic mass is 15.1. The normalized spacial score (nSPS) is 17.2. The van der Waals surface area contributed by atoms with E-state index in [0.29, 0.717) is 12.0 Å². The lowest BCUT2D eigenvalue weighted by molar-refractivity contribution is 0.342. The van der Waals surface area contributed by atoms with Gasteiger partial charge in [-0.2, -0.15) is 0 Å². The van der Waals surface area contributed by atoms with Crippen molar-refractivity contribution in [2.75, 3.05) is 31.6 Å². The second-order valence-electron chi connectivity index (χ2n) is 11.7. The summed E-state index contributed by atoms with van der Waals surface area (Å²) < 4.78 is 0. The average molecular weight is 540 g/mol. The SMILES string of the molecule is CCc1ccccc1CCCCCCc1ccc(C2CCNCC2NCc2ccc(CC)c(N(C)CC)c2)cc1. The van der Waals surface area contributed by atoms with Gasteiger partial charge in [-0.05, 0) is 97.9 Å². The number of anilines is 1. The molecule has 0 saturated carbocycles. The van der Waals surface area contributed by atoms with Crippen molar-refractivity contribution in [3.05, 3.63) is 100 Å². The minimum atomic E-state index is 0.454. The zero-order valence-corrected chi connectivity index (χ0v) is 25.6. The van der Waals surface area contributed by atoms with Gasteiger partial charge >= 0.3 is 0 Å². The Bertz CT molecular complexity index is 1150. The summed E-state index contributed by atoms with van der Waals surface area (Å²) in [4.78, 5) is 2.36. The van der Waals surface area contributed by atoms with Crippen LogP contribution >= 0.6 is 0 Å². The molecule has 0 amide bonds. The number of nitrogens with zero attached hydrogens (tertiary/aromatic N) is 1. The molecular weight excluding hydrogens is 486 g/mol. The molecule has 3 aromatic rings. The van der Waals surface area contributed by atoms with Crippen molar-refractivity contribution in [1.82, 2.24) is 10.6 Å². The van der Waals surface area contributed by atoms with Crippen LogP contribution in [0.15, 0.2) is 66.7 Å². The van der Waals surface area contributed by atoms with Gasteiger partial charge < -0.3 is 15.5 Å². The zero-order chi connectivity index (χ0) is 28.2. The van der Waals surface area contributed by atoms with E-state index in [1.807, 2.05) is 0 Å². The second kappa shape index (κ2) is 16.0. The molecule has 1 fully saturated rings. The van der Waals surface area contributed by atoms with Crippen LogP contribution in [0.4, 0.5) is 5.69 Å². The molecule has 0 spiro atoms. The van der Waals surface area contributed by atoms with Gasteiger partial charge in [-0.15, -0.1) is 0 Å². The highest BCUT2D eigenvalue weighted by Gasteiger charge is 2.26. The Hall–Kier alpha value is -2.62. The first-order chi connectivity index (χ1) is 19.6. The molecule has 40 heavy (non-hydrogen) atoms. The fourth-order valence-electron chi connectivity index (χ4n) is 6.34. The topological polar surface area (TPSA) is 27.3 Å². The van der Waals surface area contributed by atoms with Crippen molar-refractivity contribution < 1.29 is 0 Å². The first-order valence-electron chi connectivity index (χ1n) is 16.1. The maximum Gasteiger partial charge on any atom is 0.0399 e. The van der Waals surface area contributed by atoms with Gasteiger partial charge in [0, 0.05) is 44.3 Å². The number of hydrogen-bond donors (Lipinski definition) is 2. The van der Waals surface area contributed by atoms with Crippen LogP contribution in [0, 0.1) is 0 Å². The number of piperidine rings is 1. The van der Waals surface area contributed by atoms with Gasteiger partial charge in [-0.3, -0.25) is 0 Å². The first-order valence-corrected chi connectivity index (χ1v) is 16.1. The van der Waals surface area contributed by atoms with Crippen LogP contribution in [0.2, 0.25) is 0 Å². The van der Waals surface area contributed by atoms with Crippen LogP contribution in [0.5, 0.6) is 0 Å². The fraction of sp³-hybridized carbons (Fsp3) is 0.514. The van der Waals surface area contributed by atoms with Crippen LogP contribution in [-0.2, 0) is 32.2 Å². The Kier molecular flexibility index (Phi) is 12.1. The first kappa shape index (κ1) is 30.3. The lowest BCUT2D eigenvalue weighted by atomic mass is 9.85. The molecule has 2 unspecified atom stereocenters. The molecule has 3 aromatic carbocycles. The quantitative estimate of drug-likeness (QED) is 0.193. The lowest BCUT2D eigenvalue weighted by Gasteiger charge is -2.33. The van der Waals surface area contributed by atoms with E-state index in [-0.39, 0.29) is 0 Å². The molecule has 2 N–H and O–H groups in total. The molecule has 0 aliphatic carbocycles. The van der Waals surface area contributed by atoms with Crippen LogP contribution in [-0.4, -0.2) is 32.7 Å². The molecule has 2 atom stereocenters. The molecule has 0 radical (unpaired) electrons. The van der Waals surface area contributed by atoms with Gasteiger partial charge in [-0.25, -0.2) is 0 Å². The highest BCUT2D eigenvalue weighted by molar-refractivity contribution is 5.55. The molecule has 1 aliphatic rings. The molecule has 216 valence electrons.